The van der Waals surface area contributed by atoms with Crippen LogP contribution < -0.4 is 16.4 Å². The first-order valence-corrected chi connectivity index (χ1v) is 10.5. The molecule has 0 aromatic carbocycles. The molecule has 3 amide bonds. The zero-order valence-corrected chi connectivity index (χ0v) is 18.1. The number of carboxylic acid groups (broad SMARTS) is 1. The van der Waals surface area contributed by atoms with E-state index in [0.29, 0.717) is 31.5 Å². The van der Waals surface area contributed by atoms with Gasteiger partial charge in [-0.1, -0.05) is 20.3 Å². The van der Waals surface area contributed by atoms with Gasteiger partial charge in [0.15, 0.2) is 0 Å². The van der Waals surface area contributed by atoms with Gasteiger partial charge in [0.25, 0.3) is 0 Å². The molecule has 11 nitrogen and oxygen atoms in total. The van der Waals surface area contributed by atoms with Crippen molar-refractivity contribution in [1.82, 2.24) is 25.5 Å². The molecule has 1 aromatic rings. The number of aromatic nitrogens is 2. The molecule has 11 heteroatoms. The van der Waals surface area contributed by atoms with Crippen molar-refractivity contribution in [1.29, 1.82) is 0 Å². The molecule has 2 rings (SSSR count). The Morgan fingerprint density at radius 2 is 2.03 bits per heavy atom. The van der Waals surface area contributed by atoms with Crippen LogP contribution in [0.3, 0.4) is 0 Å². The third-order valence-corrected chi connectivity index (χ3v) is 5.68. The summed E-state index contributed by atoms with van der Waals surface area (Å²) >= 11 is 0. The normalized spacial score (nSPS) is 19.9. The molecule has 31 heavy (non-hydrogen) atoms. The molecule has 0 bridgehead atoms. The number of carbonyl (C=O) groups excluding carboxylic acids is 3. The number of carbonyl (C=O) groups is 4. The van der Waals surface area contributed by atoms with Gasteiger partial charge in [0, 0.05) is 24.9 Å². The van der Waals surface area contributed by atoms with Crippen LogP contribution in [0.25, 0.3) is 0 Å². The van der Waals surface area contributed by atoms with E-state index in [0.717, 1.165) is 0 Å². The lowest BCUT2D eigenvalue weighted by atomic mass is 9.96. The van der Waals surface area contributed by atoms with Crippen LogP contribution >= 0.6 is 0 Å². The first kappa shape index (κ1) is 24.3. The number of amides is 3. The number of nitrogens with one attached hydrogen (secondary N) is 3. The van der Waals surface area contributed by atoms with Crippen molar-refractivity contribution < 1.29 is 24.3 Å². The lowest BCUT2D eigenvalue weighted by Gasteiger charge is -2.32. The van der Waals surface area contributed by atoms with Gasteiger partial charge in [0.05, 0.1) is 12.4 Å². The summed E-state index contributed by atoms with van der Waals surface area (Å²) in [5.74, 6) is -2.67. The van der Waals surface area contributed by atoms with E-state index in [1.165, 1.54) is 18.2 Å². The largest absolute Gasteiger partial charge is 0.480 e. The number of hydrogen-bond acceptors (Lipinski definition) is 6. The second-order valence-corrected chi connectivity index (χ2v) is 8.02. The first-order chi connectivity index (χ1) is 14.6. The van der Waals surface area contributed by atoms with Gasteiger partial charge in [0.2, 0.25) is 17.7 Å². The number of aromatic amines is 1. The second-order valence-electron chi connectivity index (χ2n) is 8.02. The smallest absolute Gasteiger partial charge is 0.325 e. The summed E-state index contributed by atoms with van der Waals surface area (Å²) in [6.45, 7) is 5.48. The summed E-state index contributed by atoms with van der Waals surface area (Å²) in [6.07, 6.45) is 5.00. The van der Waals surface area contributed by atoms with Crippen LogP contribution in [-0.4, -0.2) is 74.4 Å². The fourth-order valence-corrected chi connectivity index (χ4v) is 3.52. The van der Waals surface area contributed by atoms with Crippen LogP contribution in [0, 0.1) is 5.92 Å². The summed E-state index contributed by atoms with van der Waals surface area (Å²) in [5.41, 5.74) is 6.71. The van der Waals surface area contributed by atoms with Gasteiger partial charge in [-0.15, -0.1) is 0 Å². The quantitative estimate of drug-likeness (QED) is 0.326. The third-order valence-electron chi connectivity index (χ3n) is 5.68. The summed E-state index contributed by atoms with van der Waals surface area (Å²) < 4.78 is 0. The molecule has 1 aromatic heterocycles. The zero-order chi connectivity index (χ0) is 23.1. The molecule has 1 aliphatic rings. The molecule has 5 atom stereocenters. The Labute approximate surface area is 181 Å². The highest BCUT2D eigenvalue weighted by atomic mass is 16.4. The van der Waals surface area contributed by atoms with E-state index in [9.17, 15) is 19.2 Å². The fraction of sp³-hybridized carbons (Fsp3) is 0.650. The number of nitrogens with zero attached hydrogens (tertiary/aromatic N) is 2. The van der Waals surface area contributed by atoms with Crippen LogP contribution in [0.5, 0.6) is 0 Å². The van der Waals surface area contributed by atoms with E-state index in [1.807, 2.05) is 13.8 Å². The molecular weight excluding hydrogens is 404 g/mol. The van der Waals surface area contributed by atoms with Gasteiger partial charge in [-0.05, 0) is 25.7 Å². The molecule has 172 valence electrons. The maximum absolute atomic E-state index is 13.3. The molecule has 1 saturated heterocycles. The van der Waals surface area contributed by atoms with Crippen molar-refractivity contribution in [2.24, 2.45) is 11.7 Å². The number of nitrogens with two attached hydrogens (primary N) is 1. The van der Waals surface area contributed by atoms with Crippen molar-refractivity contribution in [3.63, 3.8) is 0 Å². The number of likely N-dealkylation sites (tertiary alicyclic amines) is 1. The van der Waals surface area contributed by atoms with Crippen LogP contribution in [0.4, 0.5) is 0 Å². The molecule has 5 unspecified atom stereocenters. The Bertz CT molecular complexity index is 783. The van der Waals surface area contributed by atoms with Crippen LogP contribution in [0.15, 0.2) is 12.5 Å². The summed E-state index contributed by atoms with van der Waals surface area (Å²) in [7, 11) is 0. The average molecular weight is 437 g/mol. The average Bonchev–Trinajstić information content (AvgIpc) is 3.42. The molecule has 0 aliphatic carbocycles. The number of aliphatic carboxylic acids is 1. The Hall–Kier alpha value is -2.95. The molecular formula is C20H32N6O5. The van der Waals surface area contributed by atoms with Gasteiger partial charge in [-0.2, -0.15) is 0 Å². The Morgan fingerprint density at radius 1 is 1.32 bits per heavy atom. The van der Waals surface area contributed by atoms with Crippen molar-refractivity contribution >= 4 is 23.7 Å². The van der Waals surface area contributed by atoms with E-state index in [-0.39, 0.29) is 18.2 Å². The van der Waals surface area contributed by atoms with E-state index >= 15 is 0 Å². The summed E-state index contributed by atoms with van der Waals surface area (Å²) in [6, 6.07) is -3.53. The topological polar surface area (TPSA) is 171 Å². The van der Waals surface area contributed by atoms with Crippen LogP contribution in [0.1, 0.15) is 45.7 Å². The predicted octanol–water partition coefficient (Wildman–Crippen LogP) is -0.609. The molecule has 1 aliphatic heterocycles. The maximum atomic E-state index is 13.3. The van der Waals surface area contributed by atoms with Crippen molar-refractivity contribution in [3.05, 3.63) is 18.2 Å². The standard InChI is InChI=1S/C20H32N6O5/c1-4-11(2)16(25-17(27)14(21)8-13-9-22-10-23-13)19(29)26-7-5-6-15(26)18(28)24-12(3)20(30)31/h9-12,14-16H,4-8,21H2,1-3H3,(H,22,23)(H,24,28)(H,25,27)(H,30,31). The van der Waals surface area contributed by atoms with E-state index in [1.54, 1.807) is 6.20 Å². The minimum atomic E-state index is -1.15. The molecule has 1 fully saturated rings. The van der Waals surface area contributed by atoms with Crippen molar-refractivity contribution in [2.75, 3.05) is 6.54 Å². The fourth-order valence-electron chi connectivity index (χ4n) is 3.52. The van der Waals surface area contributed by atoms with Crippen LogP contribution in [-0.2, 0) is 25.6 Å². The number of carboxylic acids is 1. The highest BCUT2D eigenvalue weighted by molar-refractivity contribution is 5.94. The van der Waals surface area contributed by atoms with Crippen molar-refractivity contribution in [3.8, 4) is 0 Å². The second kappa shape index (κ2) is 10.9. The Kier molecular flexibility index (Phi) is 8.55. The lowest BCUT2D eigenvalue weighted by molar-refractivity contribution is -0.145. The minimum absolute atomic E-state index is 0.182. The summed E-state index contributed by atoms with van der Waals surface area (Å²) in [4.78, 5) is 57.8. The molecule has 2 heterocycles. The summed E-state index contributed by atoms with van der Waals surface area (Å²) in [5, 5.41) is 14.2. The molecule has 0 radical (unpaired) electrons. The molecule has 6 N–H and O–H groups in total. The van der Waals surface area contributed by atoms with Crippen LogP contribution in [0.2, 0.25) is 0 Å². The number of imidazole rings is 1. The zero-order valence-electron chi connectivity index (χ0n) is 18.1. The third kappa shape index (κ3) is 6.27. The number of rotatable bonds is 10. The number of hydrogen-bond donors (Lipinski definition) is 5. The van der Waals surface area contributed by atoms with E-state index < -0.39 is 42.0 Å². The highest BCUT2D eigenvalue weighted by Crippen LogP contribution is 2.21. The molecule has 0 spiro atoms. The van der Waals surface area contributed by atoms with E-state index in [4.69, 9.17) is 10.8 Å². The van der Waals surface area contributed by atoms with E-state index in [2.05, 4.69) is 20.6 Å². The highest BCUT2D eigenvalue weighted by Gasteiger charge is 2.40. The molecule has 0 saturated carbocycles. The maximum Gasteiger partial charge on any atom is 0.325 e. The SMILES string of the molecule is CCC(C)C(NC(=O)C(N)Cc1cnc[nH]1)C(=O)N1CCCC1C(=O)NC(C)C(=O)O. The number of H-pyrrole nitrogens is 1. The Balaban J connectivity index is 2.09. The minimum Gasteiger partial charge on any atom is -0.480 e. The Morgan fingerprint density at radius 3 is 2.61 bits per heavy atom. The van der Waals surface area contributed by atoms with Gasteiger partial charge >= 0.3 is 5.97 Å². The lowest BCUT2D eigenvalue weighted by Crippen LogP contribution is -2.58. The monoisotopic (exact) mass is 436 g/mol. The van der Waals surface area contributed by atoms with Gasteiger partial charge in [-0.25, -0.2) is 4.98 Å². The predicted molar refractivity (Wildman–Crippen MR) is 112 cm³/mol. The van der Waals surface area contributed by atoms with Gasteiger partial charge in [0.1, 0.15) is 18.1 Å². The van der Waals surface area contributed by atoms with Crippen molar-refractivity contribution in [2.45, 2.75) is 70.6 Å². The van der Waals surface area contributed by atoms with Gasteiger partial charge < -0.3 is 31.4 Å². The van der Waals surface area contributed by atoms with Gasteiger partial charge in [-0.3, -0.25) is 19.2 Å². The first-order valence-electron chi connectivity index (χ1n) is 10.5.